The SMILES string of the molecule is COc1cc(=O)n(C)cc1C(=O)N1CCC(Nc2cc(N(C)C)ncn2)CC1. The van der Waals surface area contributed by atoms with Crippen molar-refractivity contribution >= 4 is 17.5 Å². The minimum atomic E-state index is -0.210. The molecule has 150 valence electrons. The van der Waals surface area contributed by atoms with E-state index in [1.54, 1.807) is 18.3 Å². The second-order valence-corrected chi connectivity index (χ2v) is 7.07. The molecule has 1 saturated heterocycles. The lowest BCUT2D eigenvalue weighted by Crippen LogP contribution is -2.42. The summed E-state index contributed by atoms with van der Waals surface area (Å²) in [6, 6.07) is 3.49. The molecule has 9 heteroatoms. The second-order valence-electron chi connectivity index (χ2n) is 7.07. The Labute approximate surface area is 164 Å². The van der Waals surface area contributed by atoms with Crippen molar-refractivity contribution in [2.75, 3.05) is 44.5 Å². The molecule has 0 atom stereocenters. The average molecular weight is 386 g/mol. The van der Waals surface area contributed by atoms with Crippen LogP contribution >= 0.6 is 0 Å². The summed E-state index contributed by atoms with van der Waals surface area (Å²) in [5, 5.41) is 3.43. The molecule has 0 saturated carbocycles. The first-order valence-electron chi connectivity index (χ1n) is 9.19. The molecule has 0 spiro atoms. The molecule has 0 bridgehead atoms. The van der Waals surface area contributed by atoms with Gasteiger partial charge in [-0.05, 0) is 12.8 Å². The van der Waals surface area contributed by atoms with Crippen LogP contribution in [0.1, 0.15) is 23.2 Å². The number of anilines is 2. The number of ether oxygens (including phenoxy) is 1. The van der Waals surface area contributed by atoms with E-state index in [1.165, 1.54) is 23.9 Å². The molecule has 1 amide bonds. The van der Waals surface area contributed by atoms with Gasteiger partial charge in [0.2, 0.25) is 0 Å². The monoisotopic (exact) mass is 386 g/mol. The molecule has 9 nitrogen and oxygen atoms in total. The zero-order valence-electron chi connectivity index (χ0n) is 16.7. The van der Waals surface area contributed by atoms with Gasteiger partial charge in [0.05, 0.1) is 12.7 Å². The number of aromatic nitrogens is 3. The molecule has 0 aromatic carbocycles. The molecule has 1 fully saturated rings. The summed E-state index contributed by atoms with van der Waals surface area (Å²) < 4.78 is 6.62. The van der Waals surface area contributed by atoms with Crippen LogP contribution in [0.4, 0.5) is 11.6 Å². The van der Waals surface area contributed by atoms with Crippen LogP contribution in [-0.2, 0) is 7.05 Å². The maximum absolute atomic E-state index is 12.9. The number of aryl methyl sites for hydroxylation is 1. The van der Waals surface area contributed by atoms with Crippen LogP contribution in [0, 0.1) is 0 Å². The molecular weight excluding hydrogens is 360 g/mol. The second kappa shape index (κ2) is 8.28. The first-order chi connectivity index (χ1) is 13.4. The molecule has 2 aromatic rings. The Balaban J connectivity index is 1.64. The number of carbonyl (C=O) groups excluding carboxylic acids is 1. The zero-order valence-corrected chi connectivity index (χ0v) is 16.7. The standard InChI is InChI=1S/C19H26N6O3/c1-23(2)17-10-16(20-12-21-17)22-13-5-7-25(8-6-13)19(27)14-11-24(3)18(26)9-15(14)28-4/h9-13H,5-8H2,1-4H3,(H,20,21,22). The topological polar surface area (TPSA) is 92.6 Å². The number of carbonyl (C=O) groups is 1. The van der Waals surface area contributed by atoms with Gasteiger partial charge in [0.15, 0.2) is 0 Å². The number of amides is 1. The van der Waals surface area contributed by atoms with Crippen molar-refractivity contribution in [1.29, 1.82) is 0 Å². The van der Waals surface area contributed by atoms with E-state index < -0.39 is 0 Å². The van der Waals surface area contributed by atoms with E-state index in [1.807, 2.05) is 25.1 Å². The van der Waals surface area contributed by atoms with Crippen LogP contribution in [0.15, 0.2) is 29.5 Å². The third-order valence-corrected chi connectivity index (χ3v) is 4.89. The third-order valence-electron chi connectivity index (χ3n) is 4.89. The van der Waals surface area contributed by atoms with Gasteiger partial charge in [-0.25, -0.2) is 9.97 Å². The Morgan fingerprint density at radius 1 is 1.25 bits per heavy atom. The number of hydrogen-bond acceptors (Lipinski definition) is 7. The number of hydrogen-bond donors (Lipinski definition) is 1. The highest BCUT2D eigenvalue weighted by molar-refractivity contribution is 5.96. The van der Waals surface area contributed by atoms with Crippen LogP contribution < -0.4 is 20.5 Å². The molecule has 28 heavy (non-hydrogen) atoms. The van der Waals surface area contributed by atoms with Crippen molar-refractivity contribution in [3.8, 4) is 5.75 Å². The van der Waals surface area contributed by atoms with E-state index in [0.717, 1.165) is 24.5 Å². The molecule has 3 heterocycles. The van der Waals surface area contributed by atoms with Crippen LogP contribution in [0.25, 0.3) is 0 Å². The Hall–Kier alpha value is -3.10. The van der Waals surface area contributed by atoms with Crippen molar-refractivity contribution < 1.29 is 9.53 Å². The van der Waals surface area contributed by atoms with Gasteiger partial charge in [-0.1, -0.05) is 0 Å². The minimum Gasteiger partial charge on any atom is -0.496 e. The average Bonchev–Trinajstić information content (AvgIpc) is 2.70. The van der Waals surface area contributed by atoms with E-state index >= 15 is 0 Å². The number of likely N-dealkylation sites (tertiary alicyclic amines) is 1. The summed E-state index contributed by atoms with van der Waals surface area (Å²) in [4.78, 5) is 36.9. The number of nitrogens with zero attached hydrogens (tertiary/aromatic N) is 5. The van der Waals surface area contributed by atoms with E-state index in [4.69, 9.17) is 4.74 Å². The van der Waals surface area contributed by atoms with Gasteiger partial charge in [-0.3, -0.25) is 9.59 Å². The lowest BCUT2D eigenvalue weighted by molar-refractivity contribution is 0.0714. The summed E-state index contributed by atoms with van der Waals surface area (Å²) in [6.07, 6.45) is 4.70. The summed E-state index contributed by atoms with van der Waals surface area (Å²) in [7, 11) is 6.96. The van der Waals surface area contributed by atoms with Crippen LogP contribution in [0.5, 0.6) is 5.75 Å². The van der Waals surface area contributed by atoms with Crippen molar-refractivity contribution in [2.45, 2.75) is 18.9 Å². The van der Waals surface area contributed by atoms with Crippen LogP contribution in [0.3, 0.4) is 0 Å². The zero-order chi connectivity index (χ0) is 20.3. The van der Waals surface area contributed by atoms with Gasteiger partial charge in [-0.15, -0.1) is 0 Å². The van der Waals surface area contributed by atoms with Gasteiger partial charge in [0.1, 0.15) is 23.7 Å². The summed E-state index contributed by atoms with van der Waals surface area (Å²) in [5.74, 6) is 1.81. The highest BCUT2D eigenvalue weighted by Gasteiger charge is 2.26. The maximum Gasteiger partial charge on any atom is 0.259 e. The van der Waals surface area contributed by atoms with Crippen molar-refractivity contribution in [1.82, 2.24) is 19.4 Å². The van der Waals surface area contributed by atoms with Crippen LogP contribution in [0.2, 0.25) is 0 Å². The van der Waals surface area contributed by atoms with Crippen molar-refractivity contribution in [3.63, 3.8) is 0 Å². The molecule has 1 aliphatic rings. The summed E-state index contributed by atoms with van der Waals surface area (Å²) in [5.41, 5.74) is 0.195. The maximum atomic E-state index is 12.9. The quantitative estimate of drug-likeness (QED) is 0.818. The predicted molar refractivity (Wildman–Crippen MR) is 107 cm³/mol. The molecule has 3 rings (SSSR count). The van der Waals surface area contributed by atoms with Gasteiger partial charge < -0.3 is 24.4 Å². The fourth-order valence-electron chi connectivity index (χ4n) is 3.22. The fourth-order valence-corrected chi connectivity index (χ4v) is 3.22. The Kier molecular flexibility index (Phi) is 5.81. The minimum absolute atomic E-state index is 0.122. The Bertz CT molecular complexity index is 903. The molecule has 2 aromatic heterocycles. The van der Waals surface area contributed by atoms with Gasteiger partial charge in [0, 0.05) is 58.6 Å². The Morgan fingerprint density at radius 3 is 2.61 bits per heavy atom. The molecule has 1 aliphatic heterocycles. The number of methoxy groups -OCH3 is 1. The number of nitrogens with one attached hydrogen (secondary N) is 1. The summed E-state index contributed by atoms with van der Waals surface area (Å²) >= 11 is 0. The predicted octanol–water partition coefficient (Wildman–Crippen LogP) is 0.967. The van der Waals surface area contributed by atoms with Gasteiger partial charge in [0.25, 0.3) is 11.5 Å². The molecule has 0 aliphatic carbocycles. The molecule has 0 unspecified atom stereocenters. The molecule has 0 radical (unpaired) electrons. The Morgan fingerprint density at radius 2 is 1.96 bits per heavy atom. The van der Waals surface area contributed by atoms with E-state index in [9.17, 15) is 9.59 Å². The fraction of sp³-hybridized carbons (Fsp3) is 0.474. The van der Waals surface area contributed by atoms with E-state index in [2.05, 4.69) is 15.3 Å². The number of piperidine rings is 1. The smallest absolute Gasteiger partial charge is 0.259 e. The van der Waals surface area contributed by atoms with E-state index in [-0.39, 0.29) is 17.5 Å². The highest BCUT2D eigenvalue weighted by Crippen LogP contribution is 2.22. The number of pyridine rings is 1. The van der Waals surface area contributed by atoms with Gasteiger partial charge in [-0.2, -0.15) is 0 Å². The highest BCUT2D eigenvalue weighted by atomic mass is 16.5. The largest absolute Gasteiger partial charge is 0.496 e. The van der Waals surface area contributed by atoms with Crippen LogP contribution in [-0.4, -0.2) is 65.7 Å². The summed E-state index contributed by atoms with van der Waals surface area (Å²) in [6.45, 7) is 1.24. The van der Waals surface area contributed by atoms with E-state index in [0.29, 0.717) is 24.4 Å². The lowest BCUT2D eigenvalue weighted by Gasteiger charge is -2.33. The third kappa shape index (κ3) is 4.24. The molecular formula is C19H26N6O3. The normalized spacial score (nSPS) is 14.6. The van der Waals surface area contributed by atoms with Crippen molar-refractivity contribution in [2.24, 2.45) is 7.05 Å². The lowest BCUT2D eigenvalue weighted by atomic mass is 10.0. The number of rotatable bonds is 5. The van der Waals surface area contributed by atoms with Crippen molar-refractivity contribution in [3.05, 3.63) is 40.6 Å². The first kappa shape index (κ1) is 19.7. The first-order valence-corrected chi connectivity index (χ1v) is 9.19. The van der Waals surface area contributed by atoms with Gasteiger partial charge >= 0.3 is 0 Å². The molecule has 1 N–H and O–H groups in total.